The molecule has 0 bridgehead atoms. The largest absolute Gasteiger partial charge is 0.358 e. The van der Waals surface area contributed by atoms with Crippen molar-refractivity contribution in [3.63, 3.8) is 0 Å². The molecule has 0 amide bonds. The van der Waals surface area contributed by atoms with Crippen molar-refractivity contribution in [1.82, 2.24) is 9.80 Å². The fraction of sp³-hybridized carbons (Fsp3) is 0.458. The Morgan fingerprint density at radius 3 is 2.07 bits per heavy atom. The first-order chi connectivity index (χ1) is 13.9. The van der Waals surface area contributed by atoms with E-state index in [0.717, 1.165) is 22.2 Å². The van der Waals surface area contributed by atoms with E-state index < -0.39 is 0 Å². The van der Waals surface area contributed by atoms with Gasteiger partial charge in [0, 0.05) is 25.4 Å². The summed E-state index contributed by atoms with van der Waals surface area (Å²) < 4.78 is 14.0. The third-order valence-electron chi connectivity index (χ3n) is 5.76. The SMILES string of the molecule is CN(C)Cc1ccc(C2CCC(N(C)C(=S)SCc3ccc(F)cc3)CC2)cc1.Cl. The molecule has 6 heteroatoms. The minimum Gasteiger partial charge on any atom is -0.358 e. The van der Waals surface area contributed by atoms with Gasteiger partial charge in [-0.25, -0.2) is 4.39 Å². The Kier molecular flexibility index (Phi) is 10.1. The molecule has 164 valence electrons. The van der Waals surface area contributed by atoms with E-state index in [4.69, 9.17) is 12.2 Å². The smallest absolute Gasteiger partial charge is 0.136 e. The van der Waals surface area contributed by atoms with Gasteiger partial charge in [0.1, 0.15) is 10.1 Å². The average molecular weight is 467 g/mol. The van der Waals surface area contributed by atoms with Gasteiger partial charge in [0.2, 0.25) is 0 Å². The van der Waals surface area contributed by atoms with Crippen LogP contribution >= 0.6 is 36.4 Å². The molecule has 1 aliphatic carbocycles. The Morgan fingerprint density at radius 2 is 1.50 bits per heavy atom. The first-order valence-corrected chi connectivity index (χ1v) is 11.7. The van der Waals surface area contributed by atoms with Gasteiger partial charge >= 0.3 is 0 Å². The van der Waals surface area contributed by atoms with Crippen LogP contribution < -0.4 is 0 Å². The van der Waals surface area contributed by atoms with E-state index >= 15 is 0 Å². The number of thioether (sulfide) groups is 1. The summed E-state index contributed by atoms with van der Waals surface area (Å²) in [5.74, 6) is 1.26. The molecule has 0 N–H and O–H groups in total. The Labute approximate surface area is 196 Å². The van der Waals surface area contributed by atoms with Gasteiger partial charge in [0.25, 0.3) is 0 Å². The zero-order valence-corrected chi connectivity index (χ0v) is 20.5. The molecule has 0 spiro atoms. The van der Waals surface area contributed by atoms with Crippen molar-refractivity contribution in [3.8, 4) is 0 Å². The highest BCUT2D eigenvalue weighted by molar-refractivity contribution is 8.22. The number of thiocarbonyl (C=S) groups is 1. The van der Waals surface area contributed by atoms with E-state index in [1.54, 1.807) is 11.8 Å². The first-order valence-electron chi connectivity index (χ1n) is 10.3. The van der Waals surface area contributed by atoms with Crippen molar-refractivity contribution >= 4 is 40.7 Å². The number of benzene rings is 2. The van der Waals surface area contributed by atoms with Crippen molar-refractivity contribution < 1.29 is 4.39 Å². The lowest BCUT2D eigenvalue weighted by Crippen LogP contribution is -2.37. The van der Waals surface area contributed by atoms with E-state index in [2.05, 4.69) is 55.2 Å². The minimum absolute atomic E-state index is 0. The molecule has 1 fully saturated rings. The van der Waals surface area contributed by atoms with Gasteiger partial charge in [-0.05, 0) is 74.5 Å². The van der Waals surface area contributed by atoms with Gasteiger partial charge in [-0.15, -0.1) is 12.4 Å². The van der Waals surface area contributed by atoms with Crippen LogP contribution in [0.5, 0.6) is 0 Å². The van der Waals surface area contributed by atoms with Gasteiger partial charge in [-0.2, -0.15) is 0 Å². The Bertz CT molecular complexity index is 788. The molecule has 0 saturated heterocycles. The molecular formula is C24H32ClFN2S2. The maximum absolute atomic E-state index is 13.0. The maximum atomic E-state index is 13.0. The second kappa shape index (κ2) is 12.0. The van der Waals surface area contributed by atoms with Crippen LogP contribution in [0.25, 0.3) is 0 Å². The second-order valence-electron chi connectivity index (χ2n) is 8.28. The third-order valence-corrected chi connectivity index (χ3v) is 7.41. The molecule has 1 saturated carbocycles. The molecule has 2 nitrogen and oxygen atoms in total. The van der Waals surface area contributed by atoms with Crippen molar-refractivity contribution in [1.29, 1.82) is 0 Å². The molecule has 0 unspecified atom stereocenters. The Morgan fingerprint density at radius 1 is 0.933 bits per heavy atom. The molecule has 2 aromatic rings. The molecule has 0 aliphatic heterocycles. The van der Waals surface area contributed by atoms with Crippen LogP contribution in [0.15, 0.2) is 48.5 Å². The third kappa shape index (κ3) is 7.23. The Hall–Kier alpha value is -1.14. The van der Waals surface area contributed by atoms with Crippen LogP contribution in [-0.4, -0.2) is 41.3 Å². The lowest BCUT2D eigenvalue weighted by atomic mass is 9.81. The summed E-state index contributed by atoms with van der Waals surface area (Å²) in [5.41, 5.74) is 3.95. The highest BCUT2D eigenvalue weighted by Crippen LogP contribution is 2.35. The first kappa shape index (κ1) is 25.1. The molecule has 0 atom stereocenters. The molecule has 30 heavy (non-hydrogen) atoms. The van der Waals surface area contributed by atoms with Crippen molar-refractivity contribution in [3.05, 3.63) is 71.0 Å². The summed E-state index contributed by atoms with van der Waals surface area (Å²) in [6, 6.07) is 16.4. The normalized spacial score (nSPS) is 18.7. The predicted molar refractivity (Wildman–Crippen MR) is 134 cm³/mol. The van der Waals surface area contributed by atoms with Crippen molar-refractivity contribution in [2.75, 3.05) is 21.1 Å². The number of nitrogens with zero attached hydrogens (tertiary/aromatic N) is 2. The number of hydrogen-bond acceptors (Lipinski definition) is 3. The van der Waals surface area contributed by atoms with Crippen LogP contribution in [0, 0.1) is 5.82 Å². The zero-order chi connectivity index (χ0) is 20.8. The van der Waals surface area contributed by atoms with E-state index in [9.17, 15) is 4.39 Å². The van der Waals surface area contributed by atoms with E-state index in [1.165, 1.54) is 48.9 Å². The predicted octanol–water partition coefficient (Wildman–Crippen LogP) is 6.49. The van der Waals surface area contributed by atoms with Crippen LogP contribution in [0.2, 0.25) is 0 Å². The fourth-order valence-electron chi connectivity index (χ4n) is 4.03. The summed E-state index contributed by atoms with van der Waals surface area (Å²) in [6.45, 7) is 0.991. The van der Waals surface area contributed by atoms with Crippen molar-refractivity contribution in [2.45, 2.75) is 49.9 Å². The van der Waals surface area contributed by atoms with E-state index in [1.807, 2.05) is 12.1 Å². The van der Waals surface area contributed by atoms with Gasteiger partial charge in [-0.3, -0.25) is 0 Å². The van der Waals surface area contributed by atoms with Crippen molar-refractivity contribution in [2.24, 2.45) is 0 Å². The summed E-state index contributed by atoms with van der Waals surface area (Å²) in [6.07, 6.45) is 4.79. The highest BCUT2D eigenvalue weighted by atomic mass is 35.5. The highest BCUT2D eigenvalue weighted by Gasteiger charge is 2.26. The number of halogens is 2. The van der Waals surface area contributed by atoms with Gasteiger partial charge in [0.05, 0.1) is 0 Å². The second-order valence-corrected chi connectivity index (χ2v) is 9.89. The lowest BCUT2D eigenvalue weighted by molar-refractivity contribution is 0.267. The summed E-state index contributed by atoms with van der Waals surface area (Å²) >= 11 is 7.34. The van der Waals surface area contributed by atoms with E-state index in [0.29, 0.717) is 12.0 Å². The molecule has 2 aromatic carbocycles. The Balaban J connectivity index is 0.00000320. The fourth-order valence-corrected chi connectivity index (χ4v) is 5.19. The van der Waals surface area contributed by atoms with Gasteiger partial charge in [0.15, 0.2) is 0 Å². The molecule has 0 heterocycles. The summed E-state index contributed by atoms with van der Waals surface area (Å²) in [7, 11) is 6.34. The number of hydrogen-bond donors (Lipinski definition) is 0. The summed E-state index contributed by atoms with van der Waals surface area (Å²) in [5, 5.41) is 0. The maximum Gasteiger partial charge on any atom is 0.136 e. The van der Waals surface area contributed by atoms with Crippen LogP contribution in [0.4, 0.5) is 4.39 Å². The van der Waals surface area contributed by atoms with Gasteiger partial charge < -0.3 is 9.80 Å². The topological polar surface area (TPSA) is 6.48 Å². The van der Waals surface area contributed by atoms with Crippen LogP contribution in [0.3, 0.4) is 0 Å². The molecule has 0 aromatic heterocycles. The van der Waals surface area contributed by atoms with Crippen LogP contribution in [0.1, 0.15) is 48.3 Å². The quantitative estimate of drug-likeness (QED) is 0.449. The monoisotopic (exact) mass is 466 g/mol. The minimum atomic E-state index is -0.192. The summed E-state index contributed by atoms with van der Waals surface area (Å²) in [4.78, 5) is 4.48. The molecular weight excluding hydrogens is 435 g/mol. The molecule has 1 aliphatic rings. The zero-order valence-electron chi connectivity index (χ0n) is 18.0. The molecule has 3 rings (SSSR count). The number of rotatable bonds is 6. The van der Waals surface area contributed by atoms with Crippen LogP contribution in [-0.2, 0) is 12.3 Å². The van der Waals surface area contributed by atoms with Gasteiger partial charge in [-0.1, -0.05) is 60.4 Å². The van der Waals surface area contributed by atoms with E-state index in [-0.39, 0.29) is 18.2 Å². The lowest BCUT2D eigenvalue weighted by Gasteiger charge is -2.36. The standard InChI is InChI=1S/C24H31FN2S2.ClH/c1-26(2)16-18-4-8-20(9-5-18)21-10-14-23(15-11-21)27(3)24(28)29-17-19-6-12-22(25)13-7-19;/h4-9,12-13,21,23H,10-11,14-17H2,1-3H3;1H. The molecule has 0 radical (unpaired) electrons. The average Bonchev–Trinajstić information content (AvgIpc) is 2.73.